The predicted octanol–water partition coefficient (Wildman–Crippen LogP) is 3.64. The molecule has 0 spiro atoms. The number of anilines is 1. The average molecular weight is 378 g/mol. The number of nitro groups is 1. The topological polar surface area (TPSA) is 114 Å². The molecule has 1 amide bonds. The van der Waals surface area contributed by atoms with E-state index >= 15 is 0 Å². The number of H-pyrrole nitrogens is 1. The molecule has 25 heavy (non-hydrogen) atoms. The van der Waals surface area contributed by atoms with Crippen molar-refractivity contribution in [3.63, 3.8) is 0 Å². The van der Waals surface area contributed by atoms with E-state index in [0.29, 0.717) is 21.3 Å². The number of carbonyl (C=O) groups is 1. The Hall–Kier alpha value is -2.65. The van der Waals surface area contributed by atoms with Crippen LogP contribution in [0.1, 0.15) is 6.92 Å². The minimum atomic E-state index is -0.540. The molecule has 2 heterocycles. The monoisotopic (exact) mass is 377 g/mol. The summed E-state index contributed by atoms with van der Waals surface area (Å²) in [5.41, 5.74) is 1.16. The highest BCUT2D eigenvalue weighted by Crippen LogP contribution is 2.27. The summed E-state index contributed by atoms with van der Waals surface area (Å²) in [5, 5.41) is 14.0. The van der Waals surface area contributed by atoms with Gasteiger partial charge in [0.1, 0.15) is 5.69 Å². The normalized spacial score (nSPS) is 12.1. The first-order valence-electron chi connectivity index (χ1n) is 7.16. The van der Waals surface area contributed by atoms with E-state index < -0.39 is 10.2 Å². The molecule has 0 unspecified atom stereocenters. The molecule has 0 aliphatic rings. The van der Waals surface area contributed by atoms with Gasteiger partial charge >= 0.3 is 0 Å². The second kappa shape index (κ2) is 7.08. The van der Waals surface area contributed by atoms with Gasteiger partial charge in [0, 0.05) is 12.3 Å². The van der Waals surface area contributed by atoms with Crippen molar-refractivity contribution in [2.45, 2.75) is 17.3 Å². The van der Waals surface area contributed by atoms with Gasteiger partial charge in [-0.15, -0.1) is 0 Å². The van der Waals surface area contributed by atoms with Gasteiger partial charge in [0.25, 0.3) is 5.69 Å². The zero-order valence-corrected chi connectivity index (χ0v) is 14.5. The van der Waals surface area contributed by atoms with Gasteiger partial charge in [-0.2, -0.15) is 0 Å². The molecule has 0 fully saturated rings. The third kappa shape index (κ3) is 3.89. The van der Waals surface area contributed by atoms with Gasteiger partial charge in [0.15, 0.2) is 10.8 Å². The van der Waals surface area contributed by atoms with Crippen LogP contribution in [0.2, 0.25) is 5.02 Å². The highest BCUT2D eigenvalue weighted by molar-refractivity contribution is 8.00. The van der Waals surface area contributed by atoms with Gasteiger partial charge in [-0.25, -0.2) is 9.97 Å². The number of imidazole rings is 1. The van der Waals surface area contributed by atoms with Gasteiger partial charge in [0.2, 0.25) is 5.91 Å². The van der Waals surface area contributed by atoms with Crippen molar-refractivity contribution in [2.24, 2.45) is 0 Å². The highest BCUT2D eigenvalue weighted by atomic mass is 35.5. The van der Waals surface area contributed by atoms with Crippen molar-refractivity contribution in [1.29, 1.82) is 0 Å². The Labute approximate surface area is 151 Å². The number of nitro benzene ring substituents is 1. The zero-order valence-electron chi connectivity index (χ0n) is 12.9. The number of hydrogen-bond acceptors (Lipinski definition) is 6. The van der Waals surface area contributed by atoms with Crippen LogP contribution in [0.4, 0.5) is 11.4 Å². The first kappa shape index (κ1) is 17.2. The lowest BCUT2D eigenvalue weighted by Crippen LogP contribution is -2.23. The molecule has 0 aliphatic heterocycles. The zero-order chi connectivity index (χ0) is 18.0. The standard InChI is InChI=1S/C15H12ClN5O3S/c1-8(14(22)18-10-4-2-3-5-12(10)21(23)24)25-15-19-11-6-9(16)7-17-13(11)20-15/h2-8H,1H3,(H,18,22)(H,17,19,20)/t8-/m1/s1. The fourth-order valence-corrected chi connectivity index (χ4v) is 3.07. The Morgan fingerprint density at radius 3 is 2.96 bits per heavy atom. The molecule has 128 valence electrons. The van der Waals surface area contributed by atoms with Crippen molar-refractivity contribution in [2.75, 3.05) is 5.32 Å². The number of hydrogen-bond donors (Lipinski definition) is 2. The van der Waals surface area contributed by atoms with Gasteiger partial charge in [-0.3, -0.25) is 14.9 Å². The lowest BCUT2D eigenvalue weighted by atomic mass is 10.2. The quantitative estimate of drug-likeness (QED) is 0.398. The molecule has 0 bridgehead atoms. The van der Waals surface area contributed by atoms with Gasteiger partial charge in [-0.1, -0.05) is 35.5 Å². The van der Waals surface area contributed by atoms with Crippen LogP contribution in [0.5, 0.6) is 0 Å². The summed E-state index contributed by atoms with van der Waals surface area (Å²) in [7, 11) is 0. The summed E-state index contributed by atoms with van der Waals surface area (Å²) in [5.74, 6) is -0.370. The number of nitrogens with one attached hydrogen (secondary N) is 2. The molecule has 2 aromatic heterocycles. The van der Waals surface area contributed by atoms with Crippen molar-refractivity contribution in [1.82, 2.24) is 15.0 Å². The molecule has 0 radical (unpaired) electrons. The van der Waals surface area contributed by atoms with Crippen molar-refractivity contribution in [3.8, 4) is 0 Å². The number of carbonyl (C=O) groups excluding carboxylic acids is 1. The van der Waals surface area contributed by atoms with E-state index in [4.69, 9.17) is 11.6 Å². The molecule has 1 atom stereocenters. The molecule has 0 saturated carbocycles. The average Bonchev–Trinajstić information content (AvgIpc) is 2.96. The fourth-order valence-electron chi connectivity index (χ4n) is 2.10. The number of halogens is 1. The van der Waals surface area contributed by atoms with Crippen LogP contribution >= 0.6 is 23.4 Å². The number of thioether (sulfide) groups is 1. The molecule has 0 saturated heterocycles. The molecular weight excluding hydrogens is 366 g/mol. The number of fused-ring (bicyclic) bond motifs is 1. The number of pyridine rings is 1. The van der Waals surface area contributed by atoms with Crippen LogP contribution in [-0.4, -0.2) is 31.0 Å². The summed E-state index contributed by atoms with van der Waals surface area (Å²) in [6.45, 7) is 1.68. The van der Waals surface area contributed by atoms with Gasteiger partial charge in [-0.05, 0) is 19.1 Å². The molecule has 0 aliphatic carbocycles. The number of amides is 1. The molecule has 3 aromatic rings. The number of rotatable bonds is 5. The van der Waals surface area contributed by atoms with Crippen LogP contribution in [0.3, 0.4) is 0 Å². The van der Waals surface area contributed by atoms with E-state index in [1.165, 1.54) is 30.1 Å². The lowest BCUT2D eigenvalue weighted by Gasteiger charge is -2.10. The van der Waals surface area contributed by atoms with E-state index in [1.807, 2.05) is 0 Å². The first-order chi connectivity index (χ1) is 11.9. The maximum Gasteiger partial charge on any atom is 0.292 e. The van der Waals surface area contributed by atoms with Crippen LogP contribution in [0.25, 0.3) is 11.2 Å². The third-order valence-corrected chi connectivity index (χ3v) is 4.49. The van der Waals surface area contributed by atoms with Crippen molar-refractivity contribution >= 4 is 51.8 Å². The second-order valence-corrected chi connectivity index (χ2v) is 6.86. The summed E-state index contributed by atoms with van der Waals surface area (Å²) < 4.78 is 0. The maximum atomic E-state index is 12.3. The maximum absolute atomic E-state index is 12.3. The number of benzene rings is 1. The van der Waals surface area contributed by atoms with Crippen LogP contribution in [0.15, 0.2) is 41.7 Å². The van der Waals surface area contributed by atoms with E-state index in [-0.39, 0.29) is 17.3 Å². The molecule has 1 aromatic carbocycles. The summed E-state index contributed by atoms with van der Waals surface area (Å²) in [6.07, 6.45) is 1.49. The number of aromatic amines is 1. The van der Waals surface area contributed by atoms with E-state index in [0.717, 1.165) is 0 Å². The van der Waals surface area contributed by atoms with E-state index in [9.17, 15) is 14.9 Å². The van der Waals surface area contributed by atoms with Gasteiger partial charge in [0.05, 0.1) is 20.7 Å². The summed E-state index contributed by atoms with van der Waals surface area (Å²) in [6, 6.07) is 7.68. The Morgan fingerprint density at radius 1 is 1.44 bits per heavy atom. The summed E-state index contributed by atoms with van der Waals surface area (Å²) >= 11 is 7.06. The minimum absolute atomic E-state index is 0.156. The molecule has 3 rings (SSSR count). The number of para-hydroxylation sites is 2. The number of nitrogens with zero attached hydrogens (tertiary/aromatic N) is 3. The van der Waals surface area contributed by atoms with Gasteiger partial charge < -0.3 is 10.3 Å². The Bertz CT molecular complexity index is 961. The fraction of sp³-hybridized carbons (Fsp3) is 0.133. The van der Waals surface area contributed by atoms with E-state index in [1.54, 1.807) is 25.1 Å². The van der Waals surface area contributed by atoms with Crippen LogP contribution < -0.4 is 5.32 Å². The Balaban J connectivity index is 1.73. The Morgan fingerprint density at radius 2 is 2.20 bits per heavy atom. The molecule has 8 nitrogen and oxygen atoms in total. The van der Waals surface area contributed by atoms with E-state index in [2.05, 4.69) is 20.3 Å². The SMILES string of the molecule is C[C@@H](Sc1nc2ncc(Cl)cc2[nH]1)C(=O)Nc1ccccc1[N+](=O)[O-]. The van der Waals surface area contributed by atoms with Crippen molar-refractivity contribution < 1.29 is 9.72 Å². The smallest absolute Gasteiger partial charge is 0.292 e. The number of aromatic nitrogens is 3. The first-order valence-corrected chi connectivity index (χ1v) is 8.42. The summed E-state index contributed by atoms with van der Waals surface area (Å²) in [4.78, 5) is 34.2. The minimum Gasteiger partial charge on any atom is -0.331 e. The third-order valence-electron chi connectivity index (χ3n) is 3.30. The van der Waals surface area contributed by atoms with Crippen LogP contribution in [0, 0.1) is 10.1 Å². The van der Waals surface area contributed by atoms with Crippen LogP contribution in [-0.2, 0) is 4.79 Å². The highest BCUT2D eigenvalue weighted by Gasteiger charge is 2.20. The second-order valence-electron chi connectivity index (χ2n) is 5.09. The molecular formula is C15H12ClN5O3S. The predicted molar refractivity (Wildman–Crippen MR) is 95.9 cm³/mol. The molecule has 2 N–H and O–H groups in total. The Kier molecular flexibility index (Phi) is 4.86. The van der Waals surface area contributed by atoms with Crippen molar-refractivity contribution in [3.05, 3.63) is 51.7 Å². The molecule has 10 heteroatoms. The largest absolute Gasteiger partial charge is 0.331 e. The lowest BCUT2D eigenvalue weighted by molar-refractivity contribution is -0.383.